The number of hydrogen-bond acceptors (Lipinski definition) is 3. The number of aliphatic carboxylic acids is 1. The second-order valence-electron chi connectivity index (χ2n) is 4.21. The van der Waals surface area contributed by atoms with Crippen LogP contribution in [-0.2, 0) is 4.79 Å². The molecule has 0 saturated carbocycles. The first-order valence-electron chi connectivity index (χ1n) is 5.79. The number of rotatable bonds is 3. The molecule has 1 saturated heterocycles. The SMILES string of the molecule is Clc1cc(Br)ccc1OCC1CNC1.O=C(O)C(F)(F)F. The number of hydrogen-bond donors (Lipinski definition) is 2. The lowest BCUT2D eigenvalue weighted by atomic mass is 10.1. The van der Waals surface area contributed by atoms with Gasteiger partial charge in [-0.15, -0.1) is 0 Å². The number of carbonyl (C=O) groups is 1. The average Bonchev–Trinajstić information content (AvgIpc) is 2.29. The van der Waals surface area contributed by atoms with Gasteiger partial charge in [0.15, 0.2) is 0 Å². The minimum absolute atomic E-state index is 0.634. The molecule has 1 aromatic carbocycles. The maximum atomic E-state index is 10.6. The van der Waals surface area contributed by atoms with E-state index in [2.05, 4.69) is 21.2 Å². The van der Waals surface area contributed by atoms with E-state index in [-0.39, 0.29) is 0 Å². The fourth-order valence-electron chi connectivity index (χ4n) is 1.27. The van der Waals surface area contributed by atoms with Crippen LogP contribution in [0.1, 0.15) is 0 Å². The third-order valence-electron chi connectivity index (χ3n) is 2.48. The maximum absolute atomic E-state index is 10.6. The molecule has 0 bridgehead atoms. The van der Waals surface area contributed by atoms with Gasteiger partial charge < -0.3 is 15.2 Å². The number of alkyl halides is 3. The fraction of sp³-hybridized carbons (Fsp3) is 0.417. The molecule has 0 unspecified atom stereocenters. The van der Waals surface area contributed by atoms with Crippen LogP contribution in [0.5, 0.6) is 5.75 Å². The Bertz CT molecular complexity index is 495. The summed E-state index contributed by atoms with van der Waals surface area (Å²) < 4.78 is 38.3. The molecule has 0 amide bonds. The number of ether oxygens (including phenoxy) is 1. The van der Waals surface area contributed by atoms with Crippen molar-refractivity contribution >= 4 is 33.5 Å². The molecule has 1 aliphatic rings. The highest BCUT2D eigenvalue weighted by molar-refractivity contribution is 9.10. The van der Waals surface area contributed by atoms with Gasteiger partial charge in [0, 0.05) is 23.5 Å². The van der Waals surface area contributed by atoms with Gasteiger partial charge >= 0.3 is 12.1 Å². The summed E-state index contributed by atoms with van der Waals surface area (Å²) in [5.41, 5.74) is 0. The molecule has 1 heterocycles. The number of carboxylic acid groups (broad SMARTS) is 1. The first-order chi connectivity index (χ1) is 9.70. The minimum atomic E-state index is -5.08. The van der Waals surface area contributed by atoms with Crippen molar-refractivity contribution in [3.63, 3.8) is 0 Å². The molecule has 0 aliphatic carbocycles. The molecule has 0 spiro atoms. The normalized spacial score (nSPS) is 14.7. The molecule has 0 radical (unpaired) electrons. The third-order valence-corrected chi connectivity index (χ3v) is 3.27. The monoisotopic (exact) mass is 389 g/mol. The van der Waals surface area contributed by atoms with Gasteiger partial charge in [0.25, 0.3) is 0 Å². The van der Waals surface area contributed by atoms with Crippen LogP contribution < -0.4 is 10.1 Å². The van der Waals surface area contributed by atoms with Crippen molar-refractivity contribution in [3.8, 4) is 5.75 Å². The van der Waals surface area contributed by atoms with Crippen LogP contribution in [0.2, 0.25) is 5.02 Å². The van der Waals surface area contributed by atoms with Crippen molar-refractivity contribution < 1.29 is 27.8 Å². The zero-order valence-corrected chi connectivity index (χ0v) is 12.9. The van der Waals surface area contributed by atoms with Gasteiger partial charge in [-0.3, -0.25) is 0 Å². The molecule has 0 aromatic heterocycles. The number of halogens is 5. The van der Waals surface area contributed by atoms with Crippen molar-refractivity contribution in [3.05, 3.63) is 27.7 Å². The Hall–Kier alpha value is -0.990. The van der Waals surface area contributed by atoms with Crippen LogP contribution in [0.3, 0.4) is 0 Å². The van der Waals surface area contributed by atoms with Crippen molar-refractivity contribution in [1.29, 1.82) is 0 Å². The van der Waals surface area contributed by atoms with Crippen molar-refractivity contribution in [2.24, 2.45) is 5.92 Å². The van der Waals surface area contributed by atoms with E-state index in [1.54, 1.807) is 0 Å². The lowest BCUT2D eigenvalue weighted by molar-refractivity contribution is -0.192. The quantitative estimate of drug-likeness (QED) is 0.831. The van der Waals surface area contributed by atoms with E-state index in [9.17, 15) is 13.2 Å². The van der Waals surface area contributed by atoms with Crippen molar-refractivity contribution in [2.75, 3.05) is 19.7 Å². The standard InChI is InChI=1S/C10H11BrClNO.C2HF3O2/c11-8-1-2-10(9(12)3-8)14-6-7-4-13-5-7;3-2(4,5)1(6)7/h1-3,7,13H,4-6H2;(H,6,7). The van der Waals surface area contributed by atoms with E-state index in [1.807, 2.05) is 18.2 Å². The lowest BCUT2D eigenvalue weighted by Crippen LogP contribution is -2.45. The lowest BCUT2D eigenvalue weighted by Gasteiger charge is -2.26. The Morgan fingerprint density at radius 3 is 2.43 bits per heavy atom. The Labute approximate surface area is 132 Å². The van der Waals surface area contributed by atoms with Gasteiger partial charge in [-0.25, -0.2) is 4.79 Å². The first kappa shape index (κ1) is 18.1. The van der Waals surface area contributed by atoms with E-state index in [0.29, 0.717) is 10.9 Å². The molecule has 2 N–H and O–H groups in total. The van der Waals surface area contributed by atoms with Gasteiger partial charge in [0.2, 0.25) is 0 Å². The van der Waals surface area contributed by atoms with Crippen molar-refractivity contribution in [1.82, 2.24) is 5.32 Å². The Morgan fingerprint density at radius 1 is 1.48 bits per heavy atom. The second-order valence-corrected chi connectivity index (χ2v) is 5.54. The Balaban J connectivity index is 0.000000270. The highest BCUT2D eigenvalue weighted by atomic mass is 79.9. The summed E-state index contributed by atoms with van der Waals surface area (Å²) in [5.74, 6) is -1.36. The van der Waals surface area contributed by atoms with Crippen LogP contribution >= 0.6 is 27.5 Å². The maximum Gasteiger partial charge on any atom is 0.490 e. The topological polar surface area (TPSA) is 58.6 Å². The summed E-state index contributed by atoms with van der Waals surface area (Å²) in [7, 11) is 0. The smallest absolute Gasteiger partial charge is 0.490 e. The van der Waals surface area contributed by atoms with E-state index < -0.39 is 12.1 Å². The molecule has 4 nitrogen and oxygen atoms in total. The molecular formula is C12H12BrClF3NO3. The van der Waals surface area contributed by atoms with Gasteiger partial charge in [-0.2, -0.15) is 13.2 Å². The molecule has 2 rings (SSSR count). The molecular weight excluding hydrogens is 378 g/mol. The number of carboxylic acids is 1. The van der Waals surface area contributed by atoms with Crippen LogP contribution in [0.25, 0.3) is 0 Å². The summed E-state index contributed by atoms with van der Waals surface area (Å²) in [6.07, 6.45) is -5.08. The van der Waals surface area contributed by atoms with Gasteiger partial charge in [0.05, 0.1) is 11.6 Å². The molecule has 9 heteroatoms. The molecule has 1 fully saturated rings. The van der Waals surface area contributed by atoms with Crippen LogP contribution in [0, 0.1) is 5.92 Å². The number of benzene rings is 1. The zero-order chi connectivity index (χ0) is 16.0. The predicted octanol–water partition coefficient (Wildman–Crippen LogP) is 3.33. The van der Waals surface area contributed by atoms with Crippen LogP contribution in [0.15, 0.2) is 22.7 Å². The molecule has 1 aliphatic heterocycles. The zero-order valence-electron chi connectivity index (χ0n) is 10.6. The first-order valence-corrected chi connectivity index (χ1v) is 6.96. The van der Waals surface area contributed by atoms with Gasteiger partial charge in [-0.05, 0) is 18.2 Å². The third kappa shape index (κ3) is 6.54. The number of nitrogens with one attached hydrogen (secondary N) is 1. The largest absolute Gasteiger partial charge is 0.492 e. The molecule has 21 heavy (non-hydrogen) atoms. The predicted molar refractivity (Wildman–Crippen MR) is 74.7 cm³/mol. The Kier molecular flexibility index (Phi) is 6.76. The Morgan fingerprint density at radius 2 is 2.05 bits per heavy atom. The van der Waals surface area contributed by atoms with Gasteiger partial charge in [0.1, 0.15) is 5.75 Å². The van der Waals surface area contributed by atoms with Crippen LogP contribution in [0.4, 0.5) is 13.2 Å². The van der Waals surface area contributed by atoms with Crippen molar-refractivity contribution in [2.45, 2.75) is 6.18 Å². The summed E-state index contributed by atoms with van der Waals surface area (Å²) in [6, 6.07) is 5.66. The van der Waals surface area contributed by atoms with E-state index in [4.69, 9.17) is 26.2 Å². The minimum Gasteiger partial charge on any atom is -0.492 e. The average molecular weight is 391 g/mol. The van der Waals surface area contributed by atoms with E-state index in [1.165, 1.54) is 0 Å². The van der Waals surface area contributed by atoms with Crippen LogP contribution in [-0.4, -0.2) is 36.9 Å². The summed E-state index contributed by atoms with van der Waals surface area (Å²) in [4.78, 5) is 8.90. The van der Waals surface area contributed by atoms with E-state index >= 15 is 0 Å². The molecule has 1 aromatic rings. The highest BCUT2D eigenvalue weighted by Crippen LogP contribution is 2.28. The highest BCUT2D eigenvalue weighted by Gasteiger charge is 2.38. The van der Waals surface area contributed by atoms with Gasteiger partial charge in [-0.1, -0.05) is 27.5 Å². The second kappa shape index (κ2) is 7.86. The fourth-order valence-corrected chi connectivity index (χ4v) is 1.99. The molecule has 118 valence electrons. The van der Waals surface area contributed by atoms with E-state index in [0.717, 1.165) is 29.9 Å². The summed E-state index contributed by atoms with van der Waals surface area (Å²) in [6.45, 7) is 2.84. The summed E-state index contributed by atoms with van der Waals surface area (Å²) >= 11 is 9.35. The molecule has 0 atom stereocenters. The summed E-state index contributed by atoms with van der Waals surface area (Å²) in [5, 5.41) is 11.0.